The quantitative estimate of drug-likeness (QED) is 0.332. The molecule has 3 N–H and O–H groups in total. The number of amides is 1. The fourth-order valence-electron chi connectivity index (χ4n) is 7.28. The van der Waals surface area contributed by atoms with Crippen LogP contribution in [-0.4, -0.2) is 50.7 Å². The zero-order chi connectivity index (χ0) is 29.2. The van der Waals surface area contributed by atoms with Gasteiger partial charge < -0.3 is 20.1 Å². The Bertz CT molecular complexity index is 1310. The van der Waals surface area contributed by atoms with Gasteiger partial charge in [-0.25, -0.2) is 13.1 Å². The molecule has 8 nitrogen and oxygen atoms in total. The first kappa shape index (κ1) is 29.7. The smallest absolute Gasteiger partial charge is 0.240 e. The van der Waals surface area contributed by atoms with Crippen LogP contribution in [0.25, 0.3) is 0 Å². The lowest BCUT2D eigenvalue weighted by atomic mass is 9.82. The van der Waals surface area contributed by atoms with Gasteiger partial charge in [-0.3, -0.25) is 4.79 Å². The number of nitrogens with zero attached hydrogens (tertiary/aromatic N) is 1. The van der Waals surface area contributed by atoms with Crippen LogP contribution in [0.4, 0.5) is 5.69 Å². The molecular weight excluding hydrogens is 538 g/mol. The number of phenols is 1. The molecular formula is C32H45N3O5S. The van der Waals surface area contributed by atoms with E-state index in [4.69, 9.17) is 4.74 Å². The lowest BCUT2D eigenvalue weighted by molar-refractivity contribution is -0.131. The number of sulfonamides is 1. The Labute approximate surface area is 244 Å². The van der Waals surface area contributed by atoms with Crippen LogP contribution in [0.15, 0.2) is 47.4 Å². The summed E-state index contributed by atoms with van der Waals surface area (Å²) < 4.78 is 34.1. The Balaban J connectivity index is 1.17. The van der Waals surface area contributed by atoms with Gasteiger partial charge in [0.05, 0.1) is 17.7 Å². The highest BCUT2D eigenvalue weighted by Gasteiger charge is 2.43. The molecule has 0 aromatic heterocycles. The van der Waals surface area contributed by atoms with E-state index in [1.165, 1.54) is 0 Å². The number of hydrogen-bond acceptors (Lipinski definition) is 6. The van der Waals surface area contributed by atoms with E-state index in [1.807, 2.05) is 12.1 Å². The molecule has 1 aliphatic carbocycles. The molecule has 2 aromatic rings. The van der Waals surface area contributed by atoms with Crippen molar-refractivity contribution in [1.82, 2.24) is 10.0 Å². The van der Waals surface area contributed by atoms with Crippen LogP contribution in [0.1, 0.15) is 83.6 Å². The van der Waals surface area contributed by atoms with Crippen molar-refractivity contribution in [3.05, 3.63) is 48.0 Å². The number of phenolic OH excluding ortho intramolecular Hbond substituents is 1. The van der Waals surface area contributed by atoms with Crippen molar-refractivity contribution in [2.75, 3.05) is 12.0 Å². The number of carbonyl (C=O) groups excluding carboxylic acids is 1. The minimum atomic E-state index is -3.63. The summed E-state index contributed by atoms with van der Waals surface area (Å²) >= 11 is 0. The minimum absolute atomic E-state index is 0.0740. The highest BCUT2D eigenvalue weighted by Crippen LogP contribution is 2.44. The second-order valence-corrected chi connectivity index (χ2v) is 14.0. The number of hydrogen-bond donors (Lipinski definition) is 3. The van der Waals surface area contributed by atoms with Gasteiger partial charge in [0.1, 0.15) is 11.5 Å². The number of methoxy groups -OCH3 is 1. The lowest BCUT2D eigenvalue weighted by Gasteiger charge is -2.41. The summed E-state index contributed by atoms with van der Waals surface area (Å²) in [5, 5.41) is 14.3. The number of carbonyl (C=O) groups is 1. The van der Waals surface area contributed by atoms with Crippen LogP contribution in [0.5, 0.6) is 11.5 Å². The standard InChI is InChI=1S/C32H45N3O5S/c1-4-32(17-5-6-18-32)31(37)33-22(2)7-8-23-9-16-29(30(36)19-23)35-25-10-11-26(35)21-24(20-25)34-41(38,39)28-14-12-27(40-3)13-15-28/h9,12-16,19,22,24-26,34,36H,4-8,10-11,17-18,20-21H2,1-3H3,(H,33,37)/t22-,24?,25?,26?/m0/s1. The van der Waals surface area contributed by atoms with Crippen LogP contribution in [-0.2, 0) is 21.2 Å². The molecule has 224 valence electrons. The van der Waals surface area contributed by atoms with Crippen LogP contribution in [0.3, 0.4) is 0 Å². The van der Waals surface area contributed by atoms with Gasteiger partial charge in [0.25, 0.3) is 0 Å². The molecule has 2 saturated heterocycles. The maximum atomic E-state index is 13.0. The average Bonchev–Trinajstić information content (AvgIpc) is 3.55. The summed E-state index contributed by atoms with van der Waals surface area (Å²) in [6, 6.07) is 12.6. The number of ether oxygens (including phenoxy) is 1. The van der Waals surface area contributed by atoms with E-state index >= 15 is 0 Å². The van der Waals surface area contributed by atoms with Gasteiger partial charge in [0.15, 0.2) is 0 Å². The highest BCUT2D eigenvalue weighted by atomic mass is 32.2. The number of aromatic hydroxyl groups is 1. The summed E-state index contributed by atoms with van der Waals surface area (Å²) in [7, 11) is -2.08. The Morgan fingerprint density at radius 3 is 2.34 bits per heavy atom. The normalized spacial score (nSPS) is 24.3. The lowest BCUT2D eigenvalue weighted by Crippen LogP contribution is -2.50. The third-order valence-electron chi connectivity index (χ3n) is 9.71. The SMILES string of the molecule is CCC1(C(=O)N[C@@H](C)CCc2ccc(N3C4CCC3CC(NS(=O)(=O)c3ccc(OC)cc3)C4)c(O)c2)CCCC1. The van der Waals surface area contributed by atoms with Gasteiger partial charge in [-0.15, -0.1) is 0 Å². The van der Waals surface area contributed by atoms with Gasteiger partial charge in [-0.2, -0.15) is 0 Å². The number of rotatable bonds is 11. The van der Waals surface area contributed by atoms with Gasteiger partial charge in [-0.1, -0.05) is 25.8 Å². The number of piperidine rings is 1. The fraction of sp³-hybridized carbons (Fsp3) is 0.594. The number of benzene rings is 2. The average molecular weight is 584 g/mol. The molecule has 2 unspecified atom stereocenters. The van der Waals surface area contributed by atoms with Gasteiger partial charge >= 0.3 is 0 Å². The van der Waals surface area contributed by atoms with Crippen LogP contribution in [0, 0.1) is 5.41 Å². The summed E-state index contributed by atoms with van der Waals surface area (Å²) in [5.74, 6) is 1.09. The van der Waals surface area contributed by atoms with Crippen molar-refractivity contribution in [3.8, 4) is 11.5 Å². The molecule has 9 heteroatoms. The van der Waals surface area contributed by atoms with E-state index in [2.05, 4.69) is 34.9 Å². The van der Waals surface area contributed by atoms with Crippen LogP contribution < -0.4 is 19.7 Å². The minimum Gasteiger partial charge on any atom is -0.506 e. The third kappa shape index (κ3) is 6.36. The molecule has 2 aromatic carbocycles. The number of anilines is 1. The van der Waals surface area contributed by atoms with E-state index in [9.17, 15) is 18.3 Å². The zero-order valence-corrected chi connectivity index (χ0v) is 25.4. The molecule has 2 bridgehead atoms. The van der Waals surface area contributed by atoms with Crippen molar-refractivity contribution in [2.24, 2.45) is 5.41 Å². The molecule has 3 atom stereocenters. The largest absolute Gasteiger partial charge is 0.506 e. The van der Waals surface area contributed by atoms with E-state index in [-0.39, 0.29) is 46.1 Å². The Hall–Kier alpha value is -2.78. The van der Waals surface area contributed by atoms with Gasteiger partial charge in [0.2, 0.25) is 15.9 Å². The van der Waals surface area contributed by atoms with Crippen molar-refractivity contribution in [3.63, 3.8) is 0 Å². The number of aryl methyl sites for hydroxylation is 1. The highest BCUT2D eigenvalue weighted by molar-refractivity contribution is 7.89. The number of nitrogens with one attached hydrogen (secondary N) is 2. The Kier molecular flexibility index (Phi) is 8.85. The number of fused-ring (bicyclic) bond motifs is 2. The maximum absolute atomic E-state index is 13.0. The molecule has 0 radical (unpaired) electrons. The molecule has 3 fully saturated rings. The first-order valence-electron chi connectivity index (χ1n) is 15.2. The molecule has 5 rings (SSSR count). The van der Waals surface area contributed by atoms with Crippen LogP contribution >= 0.6 is 0 Å². The monoisotopic (exact) mass is 583 g/mol. The van der Waals surface area contributed by atoms with Gasteiger partial charge in [0, 0.05) is 29.6 Å². The second kappa shape index (κ2) is 12.2. The predicted molar refractivity (Wildman–Crippen MR) is 161 cm³/mol. The zero-order valence-electron chi connectivity index (χ0n) is 24.6. The van der Waals surface area contributed by atoms with Crippen molar-refractivity contribution >= 4 is 21.6 Å². The van der Waals surface area contributed by atoms with Crippen LogP contribution in [0.2, 0.25) is 0 Å². The first-order valence-corrected chi connectivity index (χ1v) is 16.7. The molecule has 2 heterocycles. The van der Waals surface area contributed by atoms with Crippen molar-refractivity contribution in [2.45, 2.75) is 114 Å². The van der Waals surface area contributed by atoms with E-state index < -0.39 is 10.0 Å². The summed E-state index contributed by atoms with van der Waals surface area (Å²) in [6.45, 7) is 4.19. The summed E-state index contributed by atoms with van der Waals surface area (Å²) in [6.07, 6.45) is 10.1. The fourth-order valence-corrected chi connectivity index (χ4v) is 8.54. The molecule has 1 saturated carbocycles. The van der Waals surface area contributed by atoms with Gasteiger partial charge in [-0.05, 0) is 107 Å². The van der Waals surface area contributed by atoms with Crippen molar-refractivity contribution < 1.29 is 23.1 Å². The Morgan fingerprint density at radius 1 is 1.10 bits per heavy atom. The molecule has 2 aliphatic heterocycles. The molecule has 1 amide bonds. The predicted octanol–water partition coefficient (Wildman–Crippen LogP) is 5.29. The summed E-state index contributed by atoms with van der Waals surface area (Å²) in [4.78, 5) is 15.5. The van der Waals surface area contributed by atoms with E-state index in [1.54, 1.807) is 31.4 Å². The molecule has 0 spiro atoms. The summed E-state index contributed by atoms with van der Waals surface area (Å²) in [5.41, 5.74) is 1.69. The Morgan fingerprint density at radius 2 is 1.76 bits per heavy atom. The first-order chi connectivity index (χ1) is 19.6. The maximum Gasteiger partial charge on any atom is 0.240 e. The van der Waals surface area contributed by atoms with Crippen molar-refractivity contribution in [1.29, 1.82) is 0 Å². The van der Waals surface area contributed by atoms with E-state index in [0.29, 0.717) is 18.6 Å². The molecule has 41 heavy (non-hydrogen) atoms. The van der Waals surface area contributed by atoms with E-state index in [0.717, 1.165) is 69.0 Å². The topological polar surface area (TPSA) is 108 Å². The third-order valence-corrected chi connectivity index (χ3v) is 11.2. The second-order valence-electron chi connectivity index (χ2n) is 12.3. The molecule has 3 aliphatic rings.